The van der Waals surface area contributed by atoms with Crippen LogP contribution in [0.2, 0.25) is 0 Å². The summed E-state index contributed by atoms with van der Waals surface area (Å²) in [7, 11) is -2.83. The van der Waals surface area contributed by atoms with Gasteiger partial charge in [-0.1, -0.05) is 0 Å². The van der Waals surface area contributed by atoms with Crippen molar-refractivity contribution in [1.29, 1.82) is 0 Å². The molecule has 1 aromatic heterocycles. The summed E-state index contributed by atoms with van der Waals surface area (Å²) in [6, 6.07) is 0.0147. The molecule has 0 aromatic carbocycles. The monoisotopic (exact) mass is 278 g/mol. The number of hydrogen-bond acceptors (Lipinski definition) is 7. The average molecular weight is 278 g/mol. The largest absolute Gasteiger partial charge is 0.468 e. The van der Waals surface area contributed by atoms with Crippen LogP contribution in [0.3, 0.4) is 0 Å². The molecular formula is C8H14N4O5S. The van der Waals surface area contributed by atoms with Crippen LogP contribution in [-0.2, 0) is 19.6 Å². The molecule has 1 unspecified atom stereocenters. The number of carbonyl (C=O) groups excluding carboxylic acids is 1. The first-order valence-corrected chi connectivity index (χ1v) is 6.60. The van der Waals surface area contributed by atoms with Gasteiger partial charge in [-0.2, -0.15) is 4.98 Å². The van der Waals surface area contributed by atoms with E-state index in [-0.39, 0.29) is 12.0 Å². The number of ether oxygens (including phenoxy) is 2. The second kappa shape index (κ2) is 5.67. The predicted molar refractivity (Wildman–Crippen MR) is 61.6 cm³/mol. The summed E-state index contributed by atoms with van der Waals surface area (Å²) in [5.41, 5.74) is 0. The molecule has 0 saturated heterocycles. The van der Waals surface area contributed by atoms with Crippen LogP contribution in [-0.4, -0.2) is 48.5 Å². The SMILES string of the molecule is CCOc1n[nH]c(NS(=O)(=O)C(C)C(=O)OC)n1. The number of rotatable bonds is 6. The Morgan fingerprint density at radius 3 is 2.78 bits per heavy atom. The third-order valence-electron chi connectivity index (χ3n) is 1.98. The first-order chi connectivity index (χ1) is 8.40. The minimum absolute atomic E-state index is 0.0147. The van der Waals surface area contributed by atoms with Crippen molar-refractivity contribution in [3.8, 4) is 6.01 Å². The molecule has 9 nitrogen and oxygen atoms in total. The molecule has 1 aromatic rings. The van der Waals surface area contributed by atoms with E-state index >= 15 is 0 Å². The second-order valence-corrected chi connectivity index (χ2v) is 5.21. The summed E-state index contributed by atoms with van der Waals surface area (Å²) in [6.45, 7) is 3.29. The number of anilines is 1. The van der Waals surface area contributed by atoms with Crippen LogP contribution in [0.4, 0.5) is 5.95 Å². The van der Waals surface area contributed by atoms with Gasteiger partial charge in [0.15, 0.2) is 5.25 Å². The highest BCUT2D eigenvalue weighted by atomic mass is 32.2. The lowest BCUT2D eigenvalue weighted by molar-refractivity contribution is -0.139. The van der Waals surface area contributed by atoms with Gasteiger partial charge in [0.1, 0.15) is 0 Å². The standard InChI is InChI=1S/C8H14N4O5S/c1-4-17-8-9-7(10-11-8)12-18(14,15)5(2)6(13)16-3/h5H,4H2,1-3H3,(H2,9,10,11,12). The molecule has 0 bridgehead atoms. The van der Waals surface area contributed by atoms with Crippen LogP contribution < -0.4 is 9.46 Å². The van der Waals surface area contributed by atoms with E-state index in [9.17, 15) is 13.2 Å². The van der Waals surface area contributed by atoms with E-state index in [1.165, 1.54) is 6.92 Å². The summed E-state index contributed by atoms with van der Waals surface area (Å²) in [4.78, 5) is 14.9. The van der Waals surface area contributed by atoms with Crippen LogP contribution in [0.1, 0.15) is 13.8 Å². The van der Waals surface area contributed by atoms with Gasteiger partial charge in [-0.15, -0.1) is 5.10 Å². The molecule has 1 rings (SSSR count). The molecule has 1 atom stereocenters. The molecule has 2 N–H and O–H groups in total. The fraction of sp³-hybridized carbons (Fsp3) is 0.625. The van der Waals surface area contributed by atoms with Crippen molar-refractivity contribution in [2.45, 2.75) is 19.1 Å². The summed E-state index contributed by atoms with van der Waals surface area (Å²) < 4.78 is 34.8. The Morgan fingerprint density at radius 2 is 2.22 bits per heavy atom. The van der Waals surface area contributed by atoms with E-state index in [1.54, 1.807) is 6.92 Å². The molecule has 0 aliphatic rings. The Bertz CT molecular complexity index is 511. The molecule has 0 saturated carbocycles. The molecular weight excluding hydrogens is 264 g/mol. The molecule has 0 aliphatic carbocycles. The minimum Gasteiger partial charge on any atom is -0.468 e. The minimum atomic E-state index is -3.94. The first kappa shape index (κ1) is 14.2. The number of hydrogen-bond donors (Lipinski definition) is 2. The molecule has 102 valence electrons. The topological polar surface area (TPSA) is 123 Å². The third kappa shape index (κ3) is 3.32. The van der Waals surface area contributed by atoms with Crippen LogP contribution in [0, 0.1) is 0 Å². The maximum Gasteiger partial charge on any atom is 0.337 e. The highest BCUT2D eigenvalue weighted by Gasteiger charge is 2.29. The van der Waals surface area contributed by atoms with Gasteiger partial charge in [0.2, 0.25) is 16.0 Å². The van der Waals surface area contributed by atoms with Gasteiger partial charge >= 0.3 is 12.0 Å². The number of sulfonamides is 1. The zero-order valence-corrected chi connectivity index (χ0v) is 10.9. The van der Waals surface area contributed by atoms with Crippen molar-refractivity contribution in [3.63, 3.8) is 0 Å². The first-order valence-electron chi connectivity index (χ1n) is 5.05. The van der Waals surface area contributed by atoms with Crippen LogP contribution >= 0.6 is 0 Å². The summed E-state index contributed by atoms with van der Waals surface area (Å²) in [5, 5.41) is 4.58. The number of aromatic nitrogens is 3. The number of esters is 1. The second-order valence-electron chi connectivity index (χ2n) is 3.21. The van der Waals surface area contributed by atoms with Gasteiger partial charge < -0.3 is 9.47 Å². The zero-order valence-electron chi connectivity index (χ0n) is 10.1. The van der Waals surface area contributed by atoms with Gasteiger partial charge in [0, 0.05) is 0 Å². The Hall–Kier alpha value is -1.84. The molecule has 1 heterocycles. The normalized spacial score (nSPS) is 12.8. The van der Waals surface area contributed by atoms with E-state index in [2.05, 4.69) is 24.6 Å². The molecule has 18 heavy (non-hydrogen) atoms. The van der Waals surface area contributed by atoms with E-state index < -0.39 is 21.2 Å². The lowest BCUT2D eigenvalue weighted by atomic mass is 10.5. The van der Waals surface area contributed by atoms with Gasteiger partial charge in [0.25, 0.3) is 0 Å². The Labute approximate surface area is 104 Å². The smallest absolute Gasteiger partial charge is 0.337 e. The van der Waals surface area contributed by atoms with Crippen LogP contribution in [0.15, 0.2) is 0 Å². The highest BCUT2D eigenvalue weighted by molar-refractivity contribution is 7.94. The van der Waals surface area contributed by atoms with E-state index in [4.69, 9.17) is 4.74 Å². The summed E-state index contributed by atoms with van der Waals surface area (Å²) >= 11 is 0. The summed E-state index contributed by atoms with van der Waals surface area (Å²) in [6.07, 6.45) is 0. The predicted octanol–water partition coefficient (Wildman–Crippen LogP) is -0.493. The van der Waals surface area contributed by atoms with E-state index in [0.717, 1.165) is 7.11 Å². The van der Waals surface area contributed by atoms with Gasteiger partial charge in [-0.25, -0.2) is 13.5 Å². The van der Waals surface area contributed by atoms with Gasteiger partial charge in [0.05, 0.1) is 13.7 Å². The van der Waals surface area contributed by atoms with E-state index in [1.807, 2.05) is 0 Å². The Balaban J connectivity index is 2.78. The third-order valence-corrected chi connectivity index (χ3v) is 3.58. The Kier molecular flexibility index (Phi) is 4.48. The van der Waals surface area contributed by atoms with Gasteiger partial charge in [-0.05, 0) is 13.8 Å². The summed E-state index contributed by atoms with van der Waals surface area (Å²) in [5.74, 6) is -0.999. The van der Waals surface area contributed by atoms with Crippen molar-refractivity contribution in [2.75, 3.05) is 18.4 Å². The average Bonchev–Trinajstić information content (AvgIpc) is 2.74. The van der Waals surface area contributed by atoms with Crippen molar-refractivity contribution < 1.29 is 22.7 Å². The maximum absolute atomic E-state index is 11.7. The number of methoxy groups -OCH3 is 1. The van der Waals surface area contributed by atoms with Crippen molar-refractivity contribution in [3.05, 3.63) is 0 Å². The van der Waals surface area contributed by atoms with Gasteiger partial charge in [-0.3, -0.25) is 9.52 Å². The lowest BCUT2D eigenvalue weighted by Gasteiger charge is -2.10. The fourth-order valence-corrected chi connectivity index (χ4v) is 1.89. The molecule has 0 amide bonds. The maximum atomic E-state index is 11.7. The Morgan fingerprint density at radius 1 is 1.56 bits per heavy atom. The quantitative estimate of drug-likeness (QED) is 0.673. The number of carbonyl (C=O) groups is 1. The van der Waals surface area contributed by atoms with Crippen molar-refractivity contribution >= 4 is 21.9 Å². The number of aromatic amines is 1. The lowest BCUT2D eigenvalue weighted by Crippen LogP contribution is -2.33. The zero-order chi connectivity index (χ0) is 13.8. The number of nitrogens with zero attached hydrogens (tertiary/aromatic N) is 2. The highest BCUT2D eigenvalue weighted by Crippen LogP contribution is 2.10. The van der Waals surface area contributed by atoms with E-state index in [0.29, 0.717) is 6.61 Å². The molecule has 0 aliphatic heterocycles. The molecule has 0 spiro atoms. The van der Waals surface area contributed by atoms with Crippen LogP contribution in [0.25, 0.3) is 0 Å². The molecule has 0 fully saturated rings. The molecule has 0 radical (unpaired) electrons. The van der Waals surface area contributed by atoms with Crippen molar-refractivity contribution in [2.24, 2.45) is 0 Å². The number of H-pyrrole nitrogens is 1. The van der Waals surface area contributed by atoms with Crippen LogP contribution in [0.5, 0.6) is 6.01 Å². The molecule has 10 heteroatoms. The van der Waals surface area contributed by atoms with Crippen molar-refractivity contribution in [1.82, 2.24) is 15.2 Å². The fourth-order valence-electron chi connectivity index (χ4n) is 1.00. The number of nitrogens with one attached hydrogen (secondary N) is 2.